The first-order valence-electron chi connectivity index (χ1n) is 6.51. The minimum Gasteiger partial charge on any atom is -0.316 e. The van der Waals surface area contributed by atoms with E-state index in [1.165, 1.54) is 11.1 Å². The topological polar surface area (TPSA) is 29.9 Å². The Bertz CT molecular complexity index is 474. The molecule has 0 unspecified atom stereocenters. The van der Waals surface area contributed by atoms with Gasteiger partial charge in [-0.15, -0.1) is 0 Å². The maximum Gasteiger partial charge on any atom is 0.0638 e. The van der Waals surface area contributed by atoms with Crippen LogP contribution < -0.4 is 5.32 Å². The number of hydrogen-bond acceptors (Lipinski definition) is 2. The fourth-order valence-corrected chi connectivity index (χ4v) is 2.13. The minimum absolute atomic E-state index is 0.893. The lowest BCUT2D eigenvalue weighted by Gasteiger charge is -2.02. The summed E-state index contributed by atoms with van der Waals surface area (Å²) in [6, 6.07) is 10.6. The third-order valence-corrected chi connectivity index (χ3v) is 3.11. The van der Waals surface area contributed by atoms with Gasteiger partial charge in [0.15, 0.2) is 0 Å². The zero-order chi connectivity index (χ0) is 12.8. The van der Waals surface area contributed by atoms with E-state index >= 15 is 0 Å². The molecule has 0 aliphatic rings. The van der Waals surface area contributed by atoms with E-state index in [1.54, 1.807) is 0 Å². The zero-order valence-corrected chi connectivity index (χ0v) is 11.2. The summed E-state index contributed by atoms with van der Waals surface area (Å²) in [5.74, 6) is 0. The molecule has 18 heavy (non-hydrogen) atoms. The molecule has 0 aliphatic carbocycles. The number of benzene rings is 1. The lowest BCUT2D eigenvalue weighted by Crippen LogP contribution is -2.05. The van der Waals surface area contributed by atoms with Crippen molar-refractivity contribution in [3.8, 4) is 0 Å². The van der Waals surface area contributed by atoms with Crippen LogP contribution in [0.2, 0.25) is 0 Å². The summed E-state index contributed by atoms with van der Waals surface area (Å²) in [5.41, 5.74) is 3.82. The monoisotopic (exact) mass is 243 g/mol. The third kappa shape index (κ3) is 3.44. The van der Waals surface area contributed by atoms with Crippen LogP contribution in [-0.4, -0.2) is 16.8 Å². The molecule has 0 saturated heterocycles. The van der Waals surface area contributed by atoms with Gasteiger partial charge in [-0.1, -0.05) is 30.3 Å². The van der Waals surface area contributed by atoms with Crippen molar-refractivity contribution in [1.82, 2.24) is 15.1 Å². The molecule has 0 fully saturated rings. The summed E-state index contributed by atoms with van der Waals surface area (Å²) in [6.07, 6.45) is 4.39. The van der Waals surface area contributed by atoms with Crippen LogP contribution in [0.5, 0.6) is 0 Å². The fraction of sp³-hybridized carbons (Fsp3) is 0.400. The van der Waals surface area contributed by atoms with E-state index < -0.39 is 0 Å². The quantitative estimate of drug-likeness (QED) is 0.845. The van der Waals surface area contributed by atoms with E-state index in [9.17, 15) is 0 Å². The van der Waals surface area contributed by atoms with Crippen molar-refractivity contribution in [2.45, 2.75) is 32.9 Å². The summed E-state index contributed by atoms with van der Waals surface area (Å²) in [7, 11) is 1.96. The molecule has 1 aromatic carbocycles. The van der Waals surface area contributed by atoms with Gasteiger partial charge < -0.3 is 5.32 Å². The first-order valence-corrected chi connectivity index (χ1v) is 6.51. The van der Waals surface area contributed by atoms with E-state index in [1.807, 2.05) is 7.05 Å². The first-order chi connectivity index (χ1) is 8.79. The van der Waals surface area contributed by atoms with Crippen LogP contribution in [-0.2, 0) is 19.5 Å². The Labute approximate surface area is 109 Å². The van der Waals surface area contributed by atoms with Crippen LogP contribution in [0.25, 0.3) is 0 Å². The molecule has 1 aromatic heterocycles. The van der Waals surface area contributed by atoms with E-state index in [0.29, 0.717) is 0 Å². The summed E-state index contributed by atoms with van der Waals surface area (Å²) in [6.45, 7) is 3.95. The Morgan fingerprint density at radius 1 is 1.22 bits per heavy atom. The predicted octanol–water partition coefficient (Wildman–Crippen LogP) is 2.54. The average Bonchev–Trinajstić information content (AvgIpc) is 2.72. The second-order valence-electron chi connectivity index (χ2n) is 4.62. The number of hydrogen-bond donors (Lipinski definition) is 1. The Kier molecular flexibility index (Phi) is 4.53. The average molecular weight is 243 g/mol. The number of rotatable bonds is 6. The van der Waals surface area contributed by atoms with Crippen LogP contribution in [0.4, 0.5) is 0 Å². The van der Waals surface area contributed by atoms with Crippen LogP contribution in [0.1, 0.15) is 23.2 Å². The molecule has 1 heterocycles. The highest BCUT2D eigenvalue weighted by Gasteiger charge is 2.03. The Morgan fingerprint density at radius 2 is 2.00 bits per heavy atom. The third-order valence-electron chi connectivity index (χ3n) is 3.11. The highest BCUT2D eigenvalue weighted by atomic mass is 15.3. The molecule has 0 amide bonds. The molecule has 0 aliphatic heterocycles. The van der Waals surface area contributed by atoms with Crippen molar-refractivity contribution in [3.63, 3.8) is 0 Å². The van der Waals surface area contributed by atoms with Crippen molar-refractivity contribution < 1.29 is 0 Å². The minimum atomic E-state index is 0.893. The molecule has 3 nitrogen and oxygen atoms in total. The Hall–Kier alpha value is -1.61. The highest BCUT2D eigenvalue weighted by molar-refractivity contribution is 5.16. The van der Waals surface area contributed by atoms with E-state index in [2.05, 4.69) is 58.5 Å². The fourth-order valence-electron chi connectivity index (χ4n) is 2.13. The normalized spacial score (nSPS) is 10.8. The van der Waals surface area contributed by atoms with E-state index in [0.717, 1.165) is 31.6 Å². The van der Waals surface area contributed by atoms with Crippen LogP contribution >= 0.6 is 0 Å². The van der Waals surface area contributed by atoms with Gasteiger partial charge in [-0.05, 0) is 32.4 Å². The zero-order valence-electron chi connectivity index (χ0n) is 11.2. The van der Waals surface area contributed by atoms with Gasteiger partial charge in [0.25, 0.3) is 0 Å². The van der Waals surface area contributed by atoms with Crippen molar-refractivity contribution in [2.75, 3.05) is 7.05 Å². The van der Waals surface area contributed by atoms with Crippen LogP contribution in [0.3, 0.4) is 0 Å². The van der Waals surface area contributed by atoms with Gasteiger partial charge >= 0.3 is 0 Å². The number of nitrogens with one attached hydrogen (secondary N) is 1. The predicted molar refractivity (Wildman–Crippen MR) is 74.5 cm³/mol. The molecule has 0 bridgehead atoms. The van der Waals surface area contributed by atoms with E-state index in [-0.39, 0.29) is 0 Å². The van der Waals surface area contributed by atoms with E-state index in [4.69, 9.17) is 0 Å². The number of nitrogens with zero attached hydrogens (tertiary/aromatic N) is 2. The highest BCUT2D eigenvalue weighted by Crippen LogP contribution is 2.07. The molecule has 0 atom stereocenters. The molecule has 1 N–H and O–H groups in total. The second-order valence-corrected chi connectivity index (χ2v) is 4.62. The SMILES string of the molecule is CNCc1cn(CCCc2ccccc2)nc1C. The lowest BCUT2D eigenvalue weighted by atomic mass is 10.1. The summed E-state index contributed by atoms with van der Waals surface area (Å²) >= 11 is 0. The van der Waals surface area contributed by atoms with Gasteiger partial charge in [-0.3, -0.25) is 4.68 Å². The number of aryl methyl sites for hydroxylation is 3. The smallest absolute Gasteiger partial charge is 0.0638 e. The van der Waals surface area contributed by atoms with Crippen LogP contribution in [0, 0.1) is 6.92 Å². The molecule has 0 spiro atoms. The van der Waals surface area contributed by atoms with Gasteiger partial charge in [-0.2, -0.15) is 5.10 Å². The van der Waals surface area contributed by atoms with Gasteiger partial charge in [0.1, 0.15) is 0 Å². The summed E-state index contributed by atoms with van der Waals surface area (Å²) < 4.78 is 2.06. The Balaban J connectivity index is 1.85. The maximum absolute atomic E-state index is 4.54. The van der Waals surface area contributed by atoms with Crippen LogP contribution in [0.15, 0.2) is 36.5 Å². The van der Waals surface area contributed by atoms with Gasteiger partial charge in [0.2, 0.25) is 0 Å². The van der Waals surface area contributed by atoms with Gasteiger partial charge in [-0.25, -0.2) is 0 Å². The Morgan fingerprint density at radius 3 is 2.72 bits per heavy atom. The number of aromatic nitrogens is 2. The maximum atomic E-state index is 4.54. The molecular weight excluding hydrogens is 222 g/mol. The van der Waals surface area contributed by atoms with Crippen molar-refractivity contribution in [2.24, 2.45) is 0 Å². The molecule has 96 valence electrons. The van der Waals surface area contributed by atoms with Gasteiger partial charge in [0.05, 0.1) is 5.69 Å². The summed E-state index contributed by atoms with van der Waals surface area (Å²) in [4.78, 5) is 0. The second kappa shape index (κ2) is 6.36. The largest absolute Gasteiger partial charge is 0.316 e. The van der Waals surface area contributed by atoms with Crippen molar-refractivity contribution in [3.05, 3.63) is 53.3 Å². The molecule has 2 aromatic rings. The summed E-state index contributed by atoms with van der Waals surface area (Å²) in [5, 5.41) is 7.70. The van der Waals surface area contributed by atoms with Crippen molar-refractivity contribution in [1.29, 1.82) is 0 Å². The molecule has 0 saturated carbocycles. The first kappa shape index (κ1) is 12.8. The van der Waals surface area contributed by atoms with Gasteiger partial charge in [0, 0.05) is 24.8 Å². The molecular formula is C15H21N3. The standard InChI is InChI=1S/C15H21N3/c1-13-15(11-16-2)12-18(17-13)10-6-9-14-7-4-3-5-8-14/h3-5,7-8,12,16H,6,9-11H2,1-2H3. The molecule has 2 rings (SSSR count). The molecule has 3 heteroatoms. The van der Waals surface area contributed by atoms with Crippen molar-refractivity contribution >= 4 is 0 Å². The lowest BCUT2D eigenvalue weighted by molar-refractivity contribution is 0.575. The molecule has 0 radical (unpaired) electrons.